The van der Waals surface area contributed by atoms with Crippen LogP contribution in [0.15, 0.2) is 29.3 Å². The Morgan fingerprint density at radius 2 is 1.96 bits per heavy atom. The van der Waals surface area contributed by atoms with Crippen LogP contribution >= 0.6 is 24.0 Å². The van der Waals surface area contributed by atoms with E-state index >= 15 is 0 Å². The van der Waals surface area contributed by atoms with E-state index in [0.717, 1.165) is 49.7 Å². The van der Waals surface area contributed by atoms with Gasteiger partial charge in [0, 0.05) is 32.2 Å². The maximum absolute atomic E-state index is 5.24. The molecule has 158 valence electrons. The SMILES string of the molecule is CCNC(=NCC1CCN(C2CC2)C1)NCCC(C)c1ccc(OC)cc1.I. The minimum absolute atomic E-state index is 0. The molecule has 2 atom stereocenters. The number of methoxy groups -OCH3 is 1. The Kier molecular flexibility index (Phi) is 9.85. The molecule has 2 unspecified atom stereocenters. The predicted molar refractivity (Wildman–Crippen MR) is 128 cm³/mol. The lowest BCUT2D eigenvalue weighted by Crippen LogP contribution is -2.38. The molecule has 1 aliphatic heterocycles. The first-order valence-electron chi connectivity index (χ1n) is 10.6. The van der Waals surface area contributed by atoms with Gasteiger partial charge in [-0.05, 0) is 68.7 Å². The zero-order valence-electron chi connectivity index (χ0n) is 17.6. The standard InChI is InChI=1S/C22H36N4O.HI/c1-4-23-22(25-15-18-12-14-26(16-18)20-7-8-20)24-13-11-17(2)19-5-9-21(27-3)10-6-19;/h5-6,9-10,17-18,20H,4,7-8,11-16H2,1-3H3,(H2,23,24,25);1H. The van der Waals surface area contributed by atoms with Gasteiger partial charge in [0.1, 0.15) is 5.75 Å². The number of likely N-dealkylation sites (tertiary alicyclic amines) is 1. The van der Waals surface area contributed by atoms with Crippen molar-refractivity contribution in [3.05, 3.63) is 29.8 Å². The van der Waals surface area contributed by atoms with Crippen molar-refractivity contribution < 1.29 is 4.74 Å². The fourth-order valence-electron chi connectivity index (χ4n) is 3.85. The summed E-state index contributed by atoms with van der Waals surface area (Å²) in [5.74, 6) is 3.11. The molecule has 1 aromatic rings. The van der Waals surface area contributed by atoms with Gasteiger partial charge in [-0.3, -0.25) is 4.99 Å². The highest BCUT2D eigenvalue weighted by molar-refractivity contribution is 14.0. The first kappa shape index (κ1) is 23.3. The van der Waals surface area contributed by atoms with Crippen LogP contribution in [0.2, 0.25) is 0 Å². The number of aliphatic imine (C=N–C) groups is 1. The highest BCUT2D eigenvalue weighted by Gasteiger charge is 2.34. The van der Waals surface area contributed by atoms with Gasteiger partial charge in [-0.1, -0.05) is 19.1 Å². The second-order valence-electron chi connectivity index (χ2n) is 7.99. The summed E-state index contributed by atoms with van der Waals surface area (Å²) < 4.78 is 5.24. The zero-order chi connectivity index (χ0) is 19.1. The molecule has 1 heterocycles. The Labute approximate surface area is 187 Å². The van der Waals surface area contributed by atoms with E-state index in [-0.39, 0.29) is 24.0 Å². The number of nitrogens with zero attached hydrogens (tertiary/aromatic N) is 2. The largest absolute Gasteiger partial charge is 0.497 e. The average molecular weight is 500 g/mol. The third kappa shape index (κ3) is 7.10. The van der Waals surface area contributed by atoms with Crippen LogP contribution in [-0.2, 0) is 0 Å². The number of nitrogens with one attached hydrogen (secondary N) is 2. The number of rotatable bonds is 9. The molecule has 1 saturated heterocycles. The van der Waals surface area contributed by atoms with Gasteiger partial charge in [0.05, 0.1) is 7.11 Å². The third-order valence-electron chi connectivity index (χ3n) is 5.79. The highest BCUT2D eigenvalue weighted by Crippen LogP contribution is 2.31. The lowest BCUT2D eigenvalue weighted by Gasteiger charge is -2.16. The monoisotopic (exact) mass is 500 g/mol. The van der Waals surface area contributed by atoms with Gasteiger partial charge >= 0.3 is 0 Å². The van der Waals surface area contributed by atoms with E-state index < -0.39 is 0 Å². The maximum atomic E-state index is 5.24. The van der Waals surface area contributed by atoms with Gasteiger partial charge in [0.15, 0.2) is 5.96 Å². The third-order valence-corrected chi connectivity index (χ3v) is 5.79. The van der Waals surface area contributed by atoms with Crippen LogP contribution in [-0.4, -0.2) is 56.7 Å². The summed E-state index contributed by atoms with van der Waals surface area (Å²) in [6, 6.07) is 9.29. The Morgan fingerprint density at radius 3 is 2.61 bits per heavy atom. The predicted octanol–water partition coefficient (Wildman–Crippen LogP) is 3.85. The lowest BCUT2D eigenvalue weighted by molar-refractivity contribution is 0.315. The molecule has 2 fully saturated rings. The molecule has 0 amide bonds. The lowest BCUT2D eigenvalue weighted by atomic mass is 9.98. The van der Waals surface area contributed by atoms with Gasteiger partial charge in [-0.25, -0.2) is 0 Å². The number of ether oxygens (including phenoxy) is 1. The Morgan fingerprint density at radius 1 is 1.21 bits per heavy atom. The molecular formula is C22H37IN4O. The van der Waals surface area contributed by atoms with E-state index in [1.165, 1.54) is 37.9 Å². The molecule has 0 radical (unpaired) electrons. The summed E-state index contributed by atoms with van der Waals surface area (Å²) >= 11 is 0. The van der Waals surface area contributed by atoms with Crippen LogP contribution in [0.5, 0.6) is 5.75 Å². The molecule has 0 aromatic heterocycles. The molecule has 1 aliphatic carbocycles. The summed E-state index contributed by atoms with van der Waals surface area (Å²) in [6.45, 7) is 9.68. The summed E-state index contributed by atoms with van der Waals surface area (Å²) in [7, 11) is 1.71. The van der Waals surface area contributed by atoms with Crippen molar-refractivity contribution in [3.8, 4) is 5.75 Å². The van der Waals surface area contributed by atoms with Crippen LogP contribution in [0.4, 0.5) is 0 Å². The van der Waals surface area contributed by atoms with Crippen LogP contribution in [0, 0.1) is 5.92 Å². The normalized spacial score (nSPS) is 21.1. The number of halogens is 1. The Hall–Kier alpha value is -1.02. The van der Waals surface area contributed by atoms with E-state index in [0.29, 0.717) is 5.92 Å². The molecule has 0 bridgehead atoms. The van der Waals surface area contributed by atoms with E-state index in [1.807, 2.05) is 12.1 Å². The molecule has 1 aromatic carbocycles. The summed E-state index contributed by atoms with van der Waals surface area (Å²) in [6.07, 6.45) is 5.20. The molecule has 1 saturated carbocycles. The van der Waals surface area contributed by atoms with E-state index in [4.69, 9.17) is 9.73 Å². The highest BCUT2D eigenvalue weighted by atomic mass is 127. The van der Waals surface area contributed by atoms with Gasteiger partial charge in [-0.2, -0.15) is 0 Å². The van der Waals surface area contributed by atoms with E-state index in [1.54, 1.807) is 7.11 Å². The minimum Gasteiger partial charge on any atom is -0.497 e. The van der Waals surface area contributed by atoms with Crippen molar-refractivity contribution in [3.63, 3.8) is 0 Å². The van der Waals surface area contributed by atoms with Crippen molar-refractivity contribution in [2.24, 2.45) is 10.9 Å². The number of hydrogen-bond donors (Lipinski definition) is 2. The summed E-state index contributed by atoms with van der Waals surface area (Å²) in [4.78, 5) is 7.52. The molecule has 0 spiro atoms. The molecular weight excluding hydrogens is 463 g/mol. The number of guanidine groups is 1. The van der Waals surface area contributed by atoms with Gasteiger partial charge in [-0.15, -0.1) is 24.0 Å². The zero-order valence-corrected chi connectivity index (χ0v) is 19.9. The fraction of sp³-hybridized carbons (Fsp3) is 0.682. The second-order valence-corrected chi connectivity index (χ2v) is 7.99. The van der Waals surface area contributed by atoms with Crippen molar-refractivity contribution in [1.29, 1.82) is 0 Å². The summed E-state index contributed by atoms with van der Waals surface area (Å²) in [5, 5.41) is 6.90. The van der Waals surface area contributed by atoms with Gasteiger partial charge in [0.25, 0.3) is 0 Å². The number of hydrogen-bond acceptors (Lipinski definition) is 3. The van der Waals surface area contributed by atoms with Crippen molar-refractivity contribution >= 4 is 29.9 Å². The smallest absolute Gasteiger partial charge is 0.191 e. The van der Waals surface area contributed by atoms with Crippen LogP contribution in [0.3, 0.4) is 0 Å². The van der Waals surface area contributed by atoms with Crippen molar-refractivity contribution in [1.82, 2.24) is 15.5 Å². The first-order chi connectivity index (χ1) is 13.2. The molecule has 6 heteroatoms. The fourth-order valence-corrected chi connectivity index (χ4v) is 3.85. The first-order valence-corrected chi connectivity index (χ1v) is 10.6. The molecule has 2 N–H and O–H groups in total. The Bertz CT molecular complexity index is 603. The molecule has 2 aliphatic rings. The average Bonchev–Trinajstić information content (AvgIpc) is 3.44. The van der Waals surface area contributed by atoms with E-state index in [2.05, 4.69) is 41.5 Å². The van der Waals surface area contributed by atoms with Gasteiger partial charge < -0.3 is 20.3 Å². The number of benzene rings is 1. The van der Waals surface area contributed by atoms with Crippen molar-refractivity contribution in [2.75, 3.05) is 39.8 Å². The van der Waals surface area contributed by atoms with Crippen LogP contribution in [0.1, 0.15) is 51.0 Å². The van der Waals surface area contributed by atoms with E-state index in [9.17, 15) is 0 Å². The molecule has 5 nitrogen and oxygen atoms in total. The van der Waals surface area contributed by atoms with Crippen LogP contribution < -0.4 is 15.4 Å². The van der Waals surface area contributed by atoms with Crippen molar-refractivity contribution in [2.45, 2.75) is 51.5 Å². The topological polar surface area (TPSA) is 48.9 Å². The summed E-state index contributed by atoms with van der Waals surface area (Å²) in [5.41, 5.74) is 1.35. The molecule has 3 rings (SSSR count). The maximum Gasteiger partial charge on any atom is 0.191 e. The quantitative estimate of drug-likeness (QED) is 0.307. The van der Waals surface area contributed by atoms with Crippen LogP contribution in [0.25, 0.3) is 0 Å². The minimum atomic E-state index is 0. The second kappa shape index (κ2) is 11.9. The van der Waals surface area contributed by atoms with Gasteiger partial charge in [0.2, 0.25) is 0 Å². The Balaban J connectivity index is 0.00000280. The molecule has 28 heavy (non-hydrogen) atoms.